The second-order valence-electron chi connectivity index (χ2n) is 12.9. The van der Waals surface area contributed by atoms with Crippen LogP contribution in [0.25, 0.3) is 0 Å². The molecule has 7 heteroatoms. The summed E-state index contributed by atoms with van der Waals surface area (Å²) in [7, 11) is 0. The van der Waals surface area contributed by atoms with Gasteiger partial charge in [0.25, 0.3) is 0 Å². The van der Waals surface area contributed by atoms with E-state index in [2.05, 4.69) is 72.3 Å². The summed E-state index contributed by atoms with van der Waals surface area (Å²) in [6.45, 7) is 10.2. The van der Waals surface area contributed by atoms with Crippen LogP contribution in [0.15, 0.2) is 78.9 Å². The minimum absolute atomic E-state index is 0.0551. The topological polar surface area (TPSA) is 93.7 Å². The van der Waals surface area contributed by atoms with E-state index in [9.17, 15) is 14.7 Å². The molecule has 0 bridgehead atoms. The number of hydrogen-bond acceptors (Lipinski definition) is 4. The molecule has 4 atom stereocenters. The van der Waals surface area contributed by atoms with E-state index in [1.807, 2.05) is 50.2 Å². The Bertz CT molecular complexity index is 1330. The SMILES string of the molecule is Cc1cccc(C)c1CCCN[C@H](Cc1ccccc1)[C@H](O)C[C@@H](Cc1ccccc1)NC(=O)[C@@H](C(C)C)N1CCCNC1=O. The van der Waals surface area contributed by atoms with E-state index in [4.69, 9.17) is 0 Å². The normalized spacial score (nSPS) is 16.1. The second-order valence-corrected chi connectivity index (χ2v) is 12.9. The van der Waals surface area contributed by atoms with Crippen LogP contribution in [0.4, 0.5) is 4.79 Å². The van der Waals surface area contributed by atoms with Gasteiger partial charge in [-0.2, -0.15) is 0 Å². The van der Waals surface area contributed by atoms with E-state index in [0.29, 0.717) is 32.4 Å². The van der Waals surface area contributed by atoms with Gasteiger partial charge in [0.1, 0.15) is 6.04 Å². The van der Waals surface area contributed by atoms with E-state index < -0.39 is 12.1 Å². The largest absolute Gasteiger partial charge is 0.391 e. The minimum Gasteiger partial charge on any atom is -0.391 e. The summed E-state index contributed by atoms with van der Waals surface area (Å²) in [5, 5.41) is 21.6. The summed E-state index contributed by atoms with van der Waals surface area (Å²) in [6.07, 6.45) is 3.71. The van der Waals surface area contributed by atoms with Crippen LogP contribution in [0, 0.1) is 19.8 Å². The third kappa shape index (κ3) is 10.2. The van der Waals surface area contributed by atoms with Crippen molar-refractivity contribution in [1.82, 2.24) is 20.9 Å². The summed E-state index contributed by atoms with van der Waals surface area (Å²) in [6, 6.07) is 25.5. The molecule has 242 valence electrons. The number of nitrogens with one attached hydrogen (secondary N) is 3. The van der Waals surface area contributed by atoms with Gasteiger partial charge in [0, 0.05) is 25.2 Å². The van der Waals surface area contributed by atoms with Gasteiger partial charge in [-0.1, -0.05) is 92.7 Å². The summed E-state index contributed by atoms with van der Waals surface area (Å²) in [4.78, 5) is 28.2. The van der Waals surface area contributed by atoms with Crippen molar-refractivity contribution >= 4 is 11.9 Å². The first-order valence-electron chi connectivity index (χ1n) is 16.6. The number of aliphatic hydroxyl groups excluding tert-OH is 1. The first kappa shape index (κ1) is 34.2. The van der Waals surface area contributed by atoms with Crippen molar-refractivity contribution in [3.05, 3.63) is 107 Å². The highest BCUT2D eigenvalue weighted by atomic mass is 16.3. The van der Waals surface area contributed by atoms with Gasteiger partial charge in [-0.3, -0.25) is 4.79 Å². The number of hydrogen-bond donors (Lipinski definition) is 4. The lowest BCUT2D eigenvalue weighted by atomic mass is 9.92. The van der Waals surface area contributed by atoms with Crippen LogP contribution in [0.2, 0.25) is 0 Å². The average Bonchev–Trinajstić information content (AvgIpc) is 3.01. The van der Waals surface area contributed by atoms with E-state index in [0.717, 1.165) is 36.9 Å². The Kier molecular flexibility index (Phi) is 13.0. The Morgan fingerprint density at radius 3 is 2.13 bits per heavy atom. The predicted molar refractivity (Wildman–Crippen MR) is 182 cm³/mol. The number of nitrogens with zero attached hydrogens (tertiary/aromatic N) is 1. The first-order valence-corrected chi connectivity index (χ1v) is 16.6. The molecule has 1 saturated heterocycles. The lowest BCUT2D eigenvalue weighted by Crippen LogP contribution is -2.59. The van der Waals surface area contributed by atoms with Crippen molar-refractivity contribution in [2.24, 2.45) is 5.92 Å². The number of urea groups is 1. The molecule has 1 aliphatic rings. The van der Waals surface area contributed by atoms with Crippen LogP contribution in [0.3, 0.4) is 0 Å². The summed E-state index contributed by atoms with van der Waals surface area (Å²) >= 11 is 0. The van der Waals surface area contributed by atoms with Gasteiger partial charge in [-0.05, 0) is 92.7 Å². The van der Waals surface area contributed by atoms with Crippen molar-refractivity contribution in [3.8, 4) is 0 Å². The quantitative estimate of drug-likeness (QED) is 0.164. The van der Waals surface area contributed by atoms with Crippen LogP contribution in [0.1, 0.15) is 60.9 Å². The number of carbonyl (C=O) groups excluding carboxylic acids is 2. The molecule has 1 aliphatic heterocycles. The number of benzene rings is 3. The van der Waals surface area contributed by atoms with E-state index in [-0.39, 0.29) is 29.9 Å². The number of aryl methyl sites for hydroxylation is 2. The zero-order valence-electron chi connectivity index (χ0n) is 27.5. The summed E-state index contributed by atoms with van der Waals surface area (Å²) < 4.78 is 0. The predicted octanol–water partition coefficient (Wildman–Crippen LogP) is 5.36. The monoisotopic (exact) mass is 612 g/mol. The van der Waals surface area contributed by atoms with Crippen molar-refractivity contribution < 1.29 is 14.7 Å². The third-order valence-corrected chi connectivity index (χ3v) is 8.96. The smallest absolute Gasteiger partial charge is 0.318 e. The number of amides is 3. The fourth-order valence-electron chi connectivity index (χ4n) is 6.56. The fraction of sp³-hybridized carbons (Fsp3) is 0.474. The molecule has 4 rings (SSSR count). The Morgan fingerprint density at radius 2 is 1.53 bits per heavy atom. The van der Waals surface area contributed by atoms with E-state index in [1.54, 1.807) is 4.90 Å². The molecule has 4 N–H and O–H groups in total. The Labute approximate surface area is 269 Å². The molecule has 3 amide bonds. The van der Waals surface area contributed by atoms with Gasteiger partial charge in [0.15, 0.2) is 0 Å². The zero-order chi connectivity index (χ0) is 32.2. The maximum atomic E-state index is 13.8. The van der Waals surface area contributed by atoms with E-state index >= 15 is 0 Å². The van der Waals surface area contributed by atoms with Gasteiger partial charge < -0.3 is 26.0 Å². The van der Waals surface area contributed by atoms with Gasteiger partial charge in [-0.25, -0.2) is 4.79 Å². The standard InChI is InChI=1S/C38H52N4O3/c1-27(2)36(42-23-13-22-40-38(42)45)37(44)41-32(24-30-16-7-5-8-17-30)26-35(43)34(25-31-18-9-6-10-19-31)39-21-12-20-33-28(3)14-11-15-29(33)4/h5-11,14-19,27,32,34-36,39,43H,12-13,20-26H2,1-4H3,(H,40,45)(H,41,44)/t32-,34-,35-,36-/m1/s1. The molecule has 0 radical (unpaired) electrons. The number of rotatable bonds is 16. The van der Waals surface area contributed by atoms with Crippen molar-refractivity contribution in [2.45, 2.75) is 90.4 Å². The van der Waals surface area contributed by atoms with Gasteiger partial charge in [-0.15, -0.1) is 0 Å². The summed E-state index contributed by atoms with van der Waals surface area (Å²) in [5.41, 5.74) is 6.28. The number of carbonyl (C=O) groups is 2. The maximum Gasteiger partial charge on any atom is 0.318 e. The molecule has 0 aliphatic carbocycles. The lowest BCUT2D eigenvalue weighted by molar-refractivity contribution is -0.128. The zero-order valence-corrected chi connectivity index (χ0v) is 27.5. The minimum atomic E-state index is -0.699. The molecular formula is C38H52N4O3. The number of aliphatic hydroxyl groups is 1. The highest BCUT2D eigenvalue weighted by Gasteiger charge is 2.35. The molecule has 0 saturated carbocycles. The molecular weight excluding hydrogens is 560 g/mol. The molecule has 0 unspecified atom stereocenters. The van der Waals surface area contributed by atoms with Gasteiger partial charge in [0.2, 0.25) is 5.91 Å². The average molecular weight is 613 g/mol. The van der Waals surface area contributed by atoms with Gasteiger partial charge in [0.05, 0.1) is 6.10 Å². The van der Waals surface area contributed by atoms with Crippen LogP contribution < -0.4 is 16.0 Å². The van der Waals surface area contributed by atoms with Gasteiger partial charge >= 0.3 is 6.03 Å². The Hall–Kier alpha value is -3.68. The molecule has 1 fully saturated rings. The fourth-order valence-corrected chi connectivity index (χ4v) is 6.56. The summed E-state index contributed by atoms with van der Waals surface area (Å²) in [5.74, 6) is -0.225. The third-order valence-electron chi connectivity index (χ3n) is 8.96. The molecule has 0 aromatic heterocycles. The molecule has 7 nitrogen and oxygen atoms in total. The second kappa shape index (κ2) is 17.1. The van der Waals surface area contributed by atoms with Crippen LogP contribution in [0.5, 0.6) is 0 Å². The maximum absolute atomic E-state index is 13.8. The first-order chi connectivity index (χ1) is 21.7. The van der Waals surface area contributed by atoms with E-state index in [1.165, 1.54) is 16.7 Å². The molecule has 45 heavy (non-hydrogen) atoms. The van der Waals surface area contributed by atoms with Crippen LogP contribution in [-0.4, -0.2) is 65.8 Å². The van der Waals surface area contributed by atoms with Crippen molar-refractivity contribution in [1.29, 1.82) is 0 Å². The molecule has 3 aromatic carbocycles. The Morgan fingerprint density at radius 1 is 0.911 bits per heavy atom. The van der Waals surface area contributed by atoms with Crippen LogP contribution in [-0.2, 0) is 24.1 Å². The highest BCUT2D eigenvalue weighted by Crippen LogP contribution is 2.19. The molecule has 1 heterocycles. The molecule has 3 aromatic rings. The highest BCUT2D eigenvalue weighted by molar-refractivity contribution is 5.87. The van der Waals surface area contributed by atoms with Crippen LogP contribution >= 0.6 is 0 Å². The van der Waals surface area contributed by atoms with Crippen molar-refractivity contribution in [3.63, 3.8) is 0 Å². The van der Waals surface area contributed by atoms with Crippen molar-refractivity contribution in [2.75, 3.05) is 19.6 Å². The molecule has 0 spiro atoms. The lowest BCUT2D eigenvalue weighted by Gasteiger charge is -2.37. The Balaban J connectivity index is 1.49.